The zero-order valence-corrected chi connectivity index (χ0v) is 7.49. The van der Waals surface area contributed by atoms with Gasteiger partial charge in [-0.1, -0.05) is 11.6 Å². The van der Waals surface area contributed by atoms with E-state index in [9.17, 15) is 0 Å². The smallest absolute Gasteiger partial charge is 0.122 e. The van der Waals surface area contributed by atoms with E-state index < -0.39 is 0 Å². The largest absolute Gasteiger partial charge is 0.260 e. The molecular weight excluding hydrogens is 203 g/mol. The Morgan fingerprint density at radius 1 is 1.67 bits per heavy atom. The van der Waals surface area contributed by atoms with Crippen LogP contribution in [-0.4, -0.2) is 9.78 Å². The molecule has 0 fully saturated rings. The van der Waals surface area contributed by atoms with E-state index in [1.54, 1.807) is 4.68 Å². The van der Waals surface area contributed by atoms with E-state index in [1.807, 2.05) is 14.0 Å². The zero-order valence-electron chi connectivity index (χ0n) is 5.15. The molecule has 0 radical (unpaired) electrons. The first kappa shape index (κ1) is 7.09. The third-order valence-electron chi connectivity index (χ3n) is 1.08. The highest BCUT2D eigenvalue weighted by Crippen LogP contribution is 2.23. The SMILES string of the molecule is Cc1nn(C)c(Br)c1Cl. The fourth-order valence-electron chi connectivity index (χ4n) is 0.604. The summed E-state index contributed by atoms with van der Waals surface area (Å²) < 4.78 is 2.53. The minimum Gasteiger partial charge on any atom is -0.260 e. The Kier molecular flexibility index (Phi) is 1.82. The topological polar surface area (TPSA) is 17.8 Å². The van der Waals surface area contributed by atoms with Crippen LogP contribution < -0.4 is 0 Å². The molecule has 0 saturated carbocycles. The molecule has 2 nitrogen and oxygen atoms in total. The molecule has 0 aliphatic rings. The van der Waals surface area contributed by atoms with Gasteiger partial charge in [0.15, 0.2) is 0 Å². The Labute approximate surface area is 66.9 Å². The lowest BCUT2D eigenvalue weighted by molar-refractivity contribution is 0.740. The van der Waals surface area contributed by atoms with E-state index in [4.69, 9.17) is 11.6 Å². The third kappa shape index (κ3) is 1.12. The molecule has 50 valence electrons. The van der Waals surface area contributed by atoms with Gasteiger partial charge >= 0.3 is 0 Å². The first-order valence-electron chi connectivity index (χ1n) is 2.47. The van der Waals surface area contributed by atoms with Crippen LogP contribution in [0.4, 0.5) is 0 Å². The third-order valence-corrected chi connectivity index (χ3v) is 2.67. The lowest BCUT2D eigenvalue weighted by Gasteiger charge is -1.87. The number of halogens is 2. The molecular formula is C5H6BrClN2. The van der Waals surface area contributed by atoms with Crippen molar-refractivity contribution >= 4 is 27.5 Å². The lowest BCUT2D eigenvalue weighted by Crippen LogP contribution is -1.89. The molecule has 0 aliphatic carbocycles. The summed E-state index contributed by atoms with van der Waals surface area (Å²) >= 11 is 9.04. The van der Waals surface area contributed by atoms with Crippen LogP contribution in [0.15, 0.2) is 4.60 Å². The summed E-state index contributed by atoms with van der Waals surface area (Å²) in [6, 6.07) is 0. The number of aromatic nitrogens is 2. The predicted molar refractivity (Wildman–Crippen MR) is 40.7 cm³/mol. The molecule has 0 spiro atoms. The Morgan fingerprint density at radius 3 is 2.33 bits per heavy atom. The van der Waals surface area contributed by atoms with Crippen molar-refractivity contribution in [3.05, 3.63) is 15.3 Å². The van der Waals surface area contributed by atoms with Crippen molar-refractivity contribution in [2.24, 2.45) is 7.05 Å². The van der Waals surface area contributed by atoms with Crippen molar-refractivity contribution in [1.82, 2.24) is 9.78 Å². The number of hydrogen-bond donors (Lipinski definition) is 0. The fourth-order valence-corrected chi connectivity index (χ4v) is 1.13. The maximum atomic E-state index is 5.77. The van der Waals surface area contributed by atoms with Gasteiger partial charge in [-0.2, -0.15) is 5.10 Å². The maximum absolute atomic E-state index is 5.77. The molecule has 1 aromatic rings. The highest BCUT2D eigenvalue weighted by molar-refractivity contribution is 9.10. The highest BCUT2D eigenvalue weighted by Gasteiger charge is 2.05. The second-order valence-corrected chi connectivity index (χ2v) is 2.94. The van der Waals surface area contributed by atoms with Crippen LogP contribution in [-0.2, 0) is 7.05 Å². The number of hydrogen-bond acceptors (Lipinski definition) is 1. The second-order valence-electron chi connectivity index (χ2n) is 1.81. The maximum Gasteiger partial charge on any atom is 0.122 e. The van der Waals surface area contributed by atoms with Crippen LogP contribution >= 0.6 is 27.5 Å². The van der Waals surface area contributed by atoms with Gasteiger partial charge < -0.3 is 0 Å². The molecule has 1 aromatic heterocycles. The van der Waals surface area contributed by atoms with Crippen molar-refractivity contribution < 1.29 is 0 Å². The van der Waals surface area contributed by atoms with E-state index in [0.29, 0.717) is 5.02 Å². The molecule has 0 aliphatic heterocycles. The molecule has 0 aromatic carbocycles. The lowest BCUT2D eigenvalue weighted by atomic mass is 10.5. The van der Waals surface area contributed by atoms with Gasteiger partial charge in [0.2, 0.25) is 0 Å². The van der Waals surface area contributed by atoms with E-state index >= 15 is 0 Å². The van der Waals surface area contributed by atoms with Crippen molar-refractivity contribution in [1.29, 1.82) is 0 Å². The van der Waals surface area contributed by atoms with Gasteiger partial charge in [0, 0.05) is 7.05 Å². The van der Waals surface area contributed by atoms with Crippen molar-refractivity contribution in [2.45, 2.75) is 6.92 Å². The van der Waals surface area contributed by atoms with Gasteiger partial charge in [-0.05, 0) is 22.9 Å². The summed E-state index contributed by atoms with van der Waals surface area (Å²) in [7, 11) is 1.84. The standard InChI is InChI=1S/C5H6BrClN2/c1-3-4(7)5(6)9(2)8-3/h1-2H3. The van der Waals surface area contributed by atoms with Crippen molar-refractivity contribution in [2.75, 3.05) is 0 Å². The van der Waals surface area contributed by atoms with Gasteiger partial charge in [-0.25, -0.2) is 0 Å². The van der Waals surface area contributed by atoms with Crippen LogP contribution in [0.5, 0.6) is 0 Å². The van der Waals surface area contributed by atoms with Crippen LogP contribution in [0, 0.1) is 6.92 Å². The van der Waals surface area contributed by atoms with E-state index in [2.05, 4.69) is 21.0 Å². The molecule has 1 heterocycles. The summed E-state index contributed by atoms with van der Waals surface area (Å²) in [5.74, 6) is 0. The Hall–Kier alpha value is -0.0200. The monoisotopic (exact) mass is 208 g/mol. The normalized spacial score (nSPS) is 10.2. The Balaban J connectivity index is 3.29. The molecule has 1 rings (SSSR count). The van der Waals surface area contributed by atoms with Gasteiger partial charge in [0.05, 0.1) is 10.7 Å². The van der Waals surface area contributed by atoms with Gasteiger partial charge in [-0.3, -0.25) is 4.68 Å². The Bertz CT molecular complexity index is 209. The fraction of sp³-hybridized carbons (Fsp3) is 0.400. The number of rotatable bonds is 0. The molecule has 0 unspecified atom stereocenters. The average Bonchev–Trinajstić information content (AvgIpc) is 1.98. The van der Waals surface area contributed by atoms with Crippen molar-refractivity contribution in [3.63, 3.8) is 0 Å². The summed E-state index contributed by atoms with van der Waals surface area (Å²) in [4.78, 5) is 0. The summed E-state index contributed by atoms with van der Waals surface area (Å²) in [6.07, 6.45) is 0. The van der Waals surface area contributed by atoms with Crippen LogP contribution in [0.3, 0.4) is 0 Å². The van der Waals surface area contributed by atoms with Crippen LogP contribution in [0.25, 0.3) is 0 Å². The molecule has 9 heavy (non-hydrogen) atoms. The molecule has 0 atom stereocenters. The zero-order chi connectivity index (χ0) is 7.02. The summed E-state index contributed by atoms with van der Waals surface area (Å²) in [5, 5.41) is 4.74. The molecule has 0 N–H and O–H groups in total. The predicted octanol–water partition coefficient (Wildman–Crippen LogP) is 2.14. The van der Waals surface area contributed by atoms with Gasteiger partial charge in [-0.15, -0.1) is 0 Å². The molecule has 4 heteroatoms. The quantitative estimate of drug-likeness (QED) is 0.640. The van der Waals surface area contributed by atoms with Gasteiger partial charge in [0.25, 0.3) is 0 Å². The number of nitrogens with zero attached hydrogens (tertiary/aromatic N) is 2. The van der Waals surface area contributed by atoms with E-state index in [-0.39, 0.29) is 0 Å². The van der Waals surface area contributed by atoms with Crippen LogP contribution in [0.1, 0.15) is 5.69 Å². The summed E-state index contributed by atoms with van der Waals surface area (Å²) in [6.45, 7) is 1.87. The number of aryl methyl sites for hydroxylation is 2. The molecule has 0 bridgehead atoms. The highest BCUT2D eigenvalue weighted by atomic mass is 79.9. The van der Waals surface area contributed by atoms with E-state index in [1.165, 1.54) is 0 Å². The molecule has 0 saturated heterocycles. The first-order chi connectivity index (χ1) is 4.13. The van der Waals surface area contributed by atoms with Crippen LogP contribution in [0.2, 0.25) is 5.02 Å². The minimum atomic E-state index is 0.692. The van der Waals surface area contributed by atoms with E-state index in [0.717, 1.165) is 10.3 Å². The Morgan fingerprint density at radius 2 is 2.22 bits per heavy atom. The summed E-state index contributed by atoms with van der Waals surface area (Å²) in [5.41, 5.74) is 0.853. The van der Waals surface area contributed by atoms with Crippen molar-refractivity contribution in [3.8, 4) is 0 Å². The molecule has 0 amide bonds. The second kappa shape index (κ2) is 2.31. The first-order valence-corrected chi connectivity index (χ1v) is 3.64. The van der Waals surface area contributed by atoms with Gasteiger partial charge in [0.1, 0.15) is 4.60 Å². The minimum absolute atomic E-state index is 0.692. The average molecular weight is 209 g/mol.